The Balaban J connectivity index is 1.49. The monoisotopic (exact) mass is 500 g/mol. The quantitative estimate of drug-likeness (QED) is 0.309. The van der Waals surface area contributed by atoms with Crippen LogP contribution in [0.5, 0.6) is 0 Å². The zero-order valence-electron chi connectivity index (χ0n) is 22.0. The maximum Gasteiger partial charge on any atom is 0.407 e. The summed E-state index contributed by atoms with van der Waals surface area (Å²) in [6.45, 7) is 7.48. The largest absolute Gasteiger partial charge is 0.465 e. The molecule has 6 nitrogen and oxygen atoms in total. The lowest BCUT2D eigenvalue weighted by molar-refractivity contribution is 0.0506. The Kier molecular flexibility index (Phi) is 7.86. The van der Waals surface area contributed by atoms with Crippen molar-refractivity contribution in [2.24, 2.45) is 0 Å². The number of carbonyl (C=O) groups excluding carboxylic acids is 1. The van der Waals surface area contributed by atoms with Gasteiger partial charge in [-0.1, -0.05) is 72.8 Å². The highest BCUT2D eigenvalue weighted by atomic mass is 16.6. The number of alkyl carbamates (subject to hydrolysis) is 1. The summed E-state index contributed by atoms with van der Waals surface area (Å²) in [4.78, 5) is 23.9. The van der Waals surface area contributed by atoms with Crippen molar-refractivity contribution in [3.05, 3.63) is 95.1 Å². The fourth-order valence-electron chi connectivity index (χ4n) is 5.11. The van der Waals surface area contributed by atoms with E-state index in [2.05, 4.69) is 41.0 Å². The average Bonchev–Trinajstić information content (AvgIpc) is 3.15. The second-order valence-electron chi connectivity index (χ2n) is 10.8. The van der Waals surface area contributed by atoms with E-state index in [0.717, 1.165) is 24.0 Å². The van der Waals surface area contributed by atoms with Crippen LogP contribution >= 0.6 is 0 Å². The zero-order chi connectivity index (χ0) is 26.6. The number of hydrogen-bond donors (Lipinski definition) is 3. The summed E-state index contributed by atoms with van der Waals surface area (Å²) in [6, 6.07) is 24.4. The first-order valence-electron chi connectivity index (χ1n) is 12.9. The molecule has 0 aliphatic heterocycles. The van der Waals surface area contributed by atoms with Crippen LogP contribution in [0.4, 0.5) is 9.59 Å². The molecule has 0 radical (unpaired) electrons. The first kappa shape index (κ1) is 26.3. The number of benzene rings is 3. The number of hydrogen-bond acceptors (Lipinski definition) is 3. The third kappa shape index (κ3) is 6.70. The van der Waals surface area contributed by atoms with E-state index in [0.29, 0.717) is 6.42 Å². The molecule has 1 unspecified atom stereocenters. The van der Waals surface area contributed by atoms with Gasteiger partial charge in [-0.05, 0) is 80.3 Å². The van der Waals surface area contributed by atoms with Crippen LogP contribution in [0.2, 0.25) is 0 Å². The third-order valence-electron chi connectivity index (χ3n) is 6.71. The highest BCUT2D eigenvalue weighted by molar-refractivity contribution is 5.78. The van der Waals surface area contributed by atoms with Crippen molar-refractivity contribution in [2.45, 2.75) is 70.6 Å². The van der Waals surface area contributed by atoms with Crippen LogP contribution < -0.4 is 10.6 Å². The van der Waals surface area contributed by atoms with Gasteiger partial charge in [-0.2, -0.15) is 0 Å². The molecule has 2 atom stereocenters. The molecule has 3 aromatic rings. The lowest BCUT2D eigenvalue weighted by Crippen LogP contribution is -2.37. The maximum atomic E-state index is 12.1. The maximum absolute atomic E-state index is 12.1. The summed E-state index contributed by atoms with van der Waals surface area (Å²) in [6.07, 6.45) is 0.658. The van der Waals surface area contributed by atoms with Crippen LogP contribution in [0.1, 0.15) is 74.8 Å². The van der Waals surface area contributed by atoms with E-state index in [1.165, 1.54) is 22.3 Å². The second kappa shape index (κ2) is 11.1. The minimum Gasteiger partial charge on any atom is -0.465 e. The standard InChI is InChI=1S/C31H36N2O4/c1-20(32-30(36)37-31(2,3)4)16-17-21-10-9-11-22(18-21)28(33-29(34)35)19-27-25-14-7-5-12-23(25)24-13-6-8-15-26(24)27/h5-15,18,20,27-28,33H,16-17,19H2,1-4H3,(H,32,36)(H,34,35)/t20-,28?/m0/s1. The SMILES string of the molecule is C[C@@H](CCc1cccc(C(CC2c3ccccc3-c3ccccc32)NC(=O)O)c1)NC(=O)OC(C)(C)C. The van der Waals surface area contributed by atoms with E-state index in [9.17, 15) is 14.7 Å². The fourth-order valence-corrected chi connectivity index (χ4v) is 5.11. The molecule has 4 rings (SSSR count). The first-order chi connectivity index (χ1) is 17.6. The molecule has 1 aliphatic rings. The molecule has 37 heavy (non-hydrogen) atoms. The van der Waals surface area contributed by atoms with Gasteiger partial charge in [-0.15, -0.1) is 0 Å². The summed E-state index contributed by atoms with van der Waals surface area (Å²) in [5, 5.41) is 15.3. The normalized spacial score (nSPS) is 14.3. The van der Waals surface area contributed by atoms with Crippen LogP contribution in [0.15, 0.2) is 72.8 Å². The van der Waals surface area contributed by atoms with E-state index < -0.39 is 17.8 Å². The van der Waals surface area contributed by atoms with Gasteiger partial charge in [0.2, 0.25) is 0 Å². The van der Waals surface area contributed by atoms with Crippen molar-refractivity contribution in [2.75, 3.05) is 0 Å². The number of carboxylic acid groups (broad SMARTS) is 1. The van der Waals surface area contributed by atoms with Crippen LogP contribution in [0.3, 0.4) is 0 Å². The second-order valence-corrected chi connectivity index (χ2v) is 10.8. The molecule has 194 valence electrons. The number of carbonyl (C=O) groups is 2. The van der Waals surface area contributed by atoms with Gasteiger partial charge < -0.3 is 20.5 Å². The number of ether oxygens (including phenoxy) is 1. The molecule has 0 fully saturated rings. The number of fused-ring (bicyclic) bond motifs is 3. The predicted octanol–water partition coefficient (Wildman–Crippen LogP) is 7.04. The molecule has 0 saturated carbocycles. The summed E-state index contributed by atoms with van der Waals surface area (Å²) >= 11 is 0. The van der Waals surface area contributed by atoms with Crippen molar-refractivity contribution in [1.29, 1.82) is 0 Å². The molecule has 1 aliphatic carbocycles. The molecule has 3 aromatic carbocycles. The summed E-state index contributed by atoms with van der Waals surface area (Å²) in [5.74, 6) is 0.103. The van der Waals surface area contributed by atoms with E-state index in [1.54, 1.807) is 0 Å². The lowest BCUT2D eigenvalue weighted by atomic mass is 9.87. The predicted molar refractivity (Wildman–Crippen MR) is 146 cm³/mol. The molecular weight excluding hydrogens is 464 g/mol. The smallest absolute Gasteiger partial charge is 0.407 e. The molecule has 0 aromatic heterocycles. The Morgan fingerprint density at radius 1 is 0.919 bits per heavy atom. The third-order valence-corrected chi connectivity index (χ3v) is 6.71. The van der Waals surface area contributed by atoms with E-state index in [-0.39, 0.29) is 18.0 Å². The Labute approximate surface area is 219 Å². The van der Waals surface area contributed by atoms with Gasteiger partial charge >= 0.3 is 12.2 Å². The van der Waals surface area contributed by atoms with Gasteiger partial charge in [0.25, 0.3) is 0 Å². The van der Waals surface area contributed by atoms with Gasteiger partial charge in [0.1, 0.15) is 5.60 Å². The average molecular weight is 501 g/mol. The van der Waals surface area contributed by atoms with Crippen LogP contribution in [-0.4, -0.2) is 28.9 Å². The summed E-state index contributed by atoms with van der Waals surface area (Å²) < 4.78 is 5.35. The molecule has 0 bridgehead atoms. The van der Waals surface area contributed by atoms with Crippen LogP contribution in [-0.2, 0) is 11.2 Å². The van der Waals surface area contributed by atoms with Crippen molar-refractivity contribution in [3.8, 4) is 11.1 Å². The summed E-state index contributed by atoms with van der Waals surface area (Å²) in [7, 11) is 0. The number of aryl methyl sites for hydroxylation is 1. The zero-order valence-corrected chi connectivity index (χ0v) is 22.0. The Bertz CT molecular complexity index is 1220. The summed E-state index contributed by atoms with van der Waals surface area (Å²) in [5.41, 5.74) is 6.41. The topological polar surface area (TPSA) is 87.7 Å². The molecule has 6 heteroatoms. The molecule has 2 amide bonds. The van der Waals surface area contributed by atoms with Gasteiger partial charge in [-0.25, -0.2) is 9.59 Å². The number of rotatable bonds is 8. The van der Waals surface area contributed by atoms with Gasteiger partial charge in [0.05, 0.1) is 6.04 Å². The molecule has 0 heterocycles. The van der Waals surface area contributed by atoms with Crippen LogP contribution in [0.25, 0.3) is 11.1 Å². The molecular formula is C31H36N2O4. The fraction of sp³-hybridized carbons (Fsp3) is 0.355. The highest BCUT2D eigenvalue weighted by Gasteiger charge is 2.31. The van der Waals surface area contributed by atoms with Gasteiger partial charge in [0.15, 0.2) is 0 Å². The first-order valence-corrected chi connectivity index (χ1v) is 12.9. The van der Waals surface area contributed by atoms with E-state index >= 15 is 0 Å². The van der Waals surface area contributed by atoms with Crippen molar-refractivity contribution in [3.63, 3.8) is 0 Å². The number of nitrogens with one attached hydrogen (secondary N) is 2. The minimum absolute atomic E-state index is 0.0575. The molecule has 0 spiro atoms. The minimum atomic E-state index is -1.04. The van der Waals surface area contributed by atoms with Crippen molar-refractivity contribution in [1.82, 2.24) is 10.6 Å². The van der Waals surface area contributed by atoms with Gasteiger partial charge in [-0.3, -0.25) is 0 Å². The molecule has 0 saturated heterocycles. The Morgan fingerprint density at radius 2 is 1.54 bits per heavy atom. The molecule has 3 N–H and O–H groups in total. The Hall–Kier alpha value is -3.80. The number of amides is 2. The lowest BCUT2D eigenvalue weighted by Gasteiger charge is -2.24. The van der Waals surface area contributed by atoms with E-state index in [4.69, 9.17) is 4.74 Å². The van der Waals surface area contributed by atoms with Gasteiger partial charge in [0, 0.05) is 12.0 Å². The van der Waals surface area contributed by atoms with Crippen molar-refractivity contribution >= 4 is 12.2 Å². The van der Waals surface area contributed by atoms with Crippen LogP contribution in [0, 0.1) is 0 Å². The van der Waals surface area contributed by atoms with E-state index in [1.807, 2.05) is 70.2 Å². The van der Waals surface area contributed by atoms with Crippen molar-refractivity contribution < 1.29 is 19.4 Å². The Morgan fingerprint density at radius 3 is 2.14 bits per heavy atom. The highest BCUT2D eigenvalue weighted by Crippen LogP contribution is 2.48.